The molecule has 0 bridgehead atoms. The Morgan fingerprint density at radius 3 is 2.39 bits per heavy atom. The molecule has 0 spiro atoms. The lowest BCUT2D eigenvalue weighted by atomic mass is 10.0. The molecule has 1 aromatic heterocycles. The minimum absolute atomic E-state index is 0.0812. The lowest BCUT2D eigenvalue weighted by Crippen LogP contribution is -2.25. The number of nitrogens with two attached hydrogens (primary N) is 1. The summed E-state index contributed by atoms with van der Waals surface area (Å²) in [5.74, 6) is -1.90. The van der Waals surface area contributed by atoms with Crippen LogP contribution in [-0.4, -0.2) is 38.9 Å². The third-order valence-electron chi connectivity index (χ3n) is 4.20. The van der Waals surface area contributed by atoms with Gasteiger partial charge in [0.15, 0.2) is 23.4 Å². The van der Waals surface area contributed by atoms with Crippen LogP contribution < -0.4 is 5.73 Å². The monoisotopic (exact) mass is 433 g/mol. The topological polar surface area (TPSA) is 124 Å². The van der Waals surface area contributed by atoms with Crippen molar-refractivity contribution in [3.8, 4) is 23.1 Å². The van der Waals surface area contributed by atoms with Crippen molar-refractivity contribution in [2.75, 3.05) is 12.4 Å². The molecule has 3 aromatic rings. The second kappa shape index (κ2) is 10.2. The molecule has 31 heavy (non-hydrogen) atoms. The summed E-state index contributed by atoms with van der Waals surface area (Å²) in [6.07, 6.45) is 0. The fourth-order valence-electron chi connectivity index (χ4n) is 2.71. The molecule has 3 rings (SSSR count). The zero-order valence-corrected chi connectivity index (χ0v) is 17.3. The molecular weight excluding hydrogens is 414 g/mol. The van der Waals surface area contributed by atoms with Crippen molar-refractivity contribution in [1.82, 2.24) is 14.8 Å². The first-order valence-corrected chi connectivity index (χ1v) is 10.2. The van der Waals surface area contributed by atoms with Gasteiger partial charge in [-0.1, -0.05) is 66.9 Å². The Bertz CT molecular complexity index is 1120. The van der Waals surface area contributed by atoms with Crippen LogP contribution >= 0.6 is 11.8 Å². The van der Waals surface area contributed by atoms with Crippen molar-refractivity contribution in [2.45, 2.75) is 5.16 Å². The summed E-state index contributed by atoms with van der Waals surface area (Å²) in [4.78, 5) is 24.1. The summed E-state index contributed by atoms with van der Waals surface area (Å²) in [5, 5.41) is 18.0. The van der Waals surface area contributed by atoms with Crippen LogP contribution in [0.15, 0.2) is 78.1 Å². The zero-order valence-electron chi connectivity index (χ0n) is 16.5. The zero-order chi connectivity index (χ0) is 22.2. The molecule has 0 aliphatic rings. The molecule has 2 aromatic carbocycles. The van der Waals surface area contributed by atoms with Gasteiger partial charge in [-0.05, 0) is 12.1 Å². The predicted molar refractivity (Wildman–Crippen MR) is 116 cm³/mol. The van der Waals surface area contributed by atoms with E-state index in [1.807, 2.05) is 65.2 Å². The van der Waals surface area contributed by atoms with E-state index in [1.165, 1.54) is 0 Å². The number of nitrogens with zero attached hydrogens (tertiary/aromatic N) is 4. The number of benzene rings is 2. The lowest BCUT2D eigenvalue weighted by molar-refractivity contribution is -0.145. The number of carbonyl (C=O) groups is 2. The Morgan fingerprint density at radius 2 is 1.77 bits per heavy atom. The van der Waals surface area contributed by atoms with Crippen molar-refractivity contribution in [3.63, 3.8) is 0 Å². The summed E-state index contributed by atoms with van der Waals surface area (Å²) >= 11 is 1.13. The predicted octanol–water partition coefficient (Wildman–Crippen LogP) is 2.75. The molecule has 0 saturated carbocycles. The Labute approximate surface area is 183 Å². The highest BCUT2D eigenvalue weighted by molar-refractivity contribution is 7.99. The first-order valence-electron chi connectivity index (χ1n) is 9.22. The number of allylic oxidation sites excluding steroid dienone is 1. The highest BCUT2D eigenvalue weighted by Crippen LogP contribution is 2.27. The van der Waals surface area contributed by atoms with E-state index in [9.17, 15) is 9.59 Å². The van der Waals surface area contributed by atoms with Crippen LogP contribution in [0.1, 0.15) is 0 Å². The van der Waals surface area contributed by atoms with E-state index in [-0.39, 0.29) is 11.4 Å². The van der Waals surface area contributed by atoms with Gasteiger partial charge in [-0.15, -0.1) is 10.2 Å². The first-order chi connectivity index (χ1) is 15.0. The van der Waals surface area contributed by atoms with Crippen LogP contribution in [0.2, 0.25) is 0 Å². The number of carbonyl (C=O) groups excluding carboxylic acids is 2. The summed E-state index contributed by atoms with van der Waals surface area (Å²) in [5.41, 5.74) is 7.05. The van der Waals surface area contributed by atoms with Crippen LogP contribution in [-0.2, 0) is 14.3 Å². The fraction of sp³-hybridized carbons (Fsp3) is 0.136. The third-order valence-corrected chi connectivity index (χ3v) is 5.10. The molecule has 9 heteroatoms. The molecular formula is C22H19N5O3S. The smallest absolute Gasteiger partial charge is 0.316 e. The van der Waals surface area contributed by atoms with Crippen LogP contribution in [0.5, 0.6) is 0 Å². The number of ketones is 1. The van der Waals surface area contributed by atoms with Crippen molar-refractivity contribution in [1.29, 1.82) is 5.26 Å². The Balaban J connectivity index is 1.73. The van der Waals surface area contributed by atoms with Gasteiger partial charge in [-0.3, -0.25) is 14.2 Å². The van der Waals surface area contributed by atoms with Gasteiger partial charge in [0, 0.05) is 16.9 Å². The fourth-order valence-corrected chi connectivity index (χ4v) is 3.46. The Kier molecular flexibility index (Phi) is 7.19. The molecule has 2 N–H and O–H groups in total. The van der Waals surface area contributed by atoms with Crippen molar-refractivity contribution < 1.29 is 14.3 Å². The SMILES string of the molecule is C=C(N)[C@@H](C#N)C(=O)COC(=O)CSc1nnc(-c2ccccc2)n1-c1ccccc1. The third kappa shape index (κ3) is 5.38. The van der Waals surface area contributed by atoms with Gasteiger partial charge in [0.05, 0.1) is 11.8 Å². The first kappa shape index (κ1) is 21.8. The van der Waals surface area contributed by atoms with E-state index >= 15 is 0 Å². The van der Waals surface area contributed by atoms with E-state index in [2.05, 4.69) is 16.8 Å². The summed E-state index contributed by atoms with van der Waals surface area (Å²) in [6.45, 7) is 2.84. The van der Waals surface area contributed by atoms with E-state index in [0.717, 1.165) is 23.0 Å². The van der Waals surface area contributed by atoms with Crippen LogP contribution in [0.25, 0.3) is 17.1 Å². The van der Waals surface area contributed by atoms with Gasteiger partial charge in [-0.2, -0.15) is 5.26 Å². The number of thioether (sulfide) groups is 1. The number of hydrogen-bond donors (Lipinski definition) is 1. The molecule has 0 fully saturated rings. The second-order valence-corrected chi connectivity index (χ2v) is 7.34. The van der Waals surface area contributed by atoms with Gasteiger partial charge in [0.25, 0.3) is 0 Å². The maximum absolute atomic E-state index is 12.1. The van der Waals surface area contributed by atoms with Crippen LogP contribution in [0, 0.1) is 17.2 Å². The number of rotatable bonds is 9. The standard InChI is InChI=1S/C22H19N5O3S/c1-15(24)18(12-23)19(28)13-30-20(29)14-31-22-26-25-21(16-8-4-2-5-9-16)27(22)17-10-6-3-7-11-17/h2-11,18H,1,13-14,24H2/t18-/m1/s1. The quantitative estimate of drug-likeness (QED) is 0.403. The maximum Gasteiger partial charge on any atom is 0.316 e. The summed E-state index contributed by atoms with van der Waals surface area (Å²) < 4.78 is 6.83. The van der Waals surface area contributed by atoms with Crippen molar-refractivity contribution in [2.24, 2.45) is 11.7 Å². The van der Waals surface area contributed by atoms with Crippen molar-refractivity contribution in [3.05, 3.63) is 72.9 Å². The maximum atomic E-state index is 12.1. The van der Waals surface area contributed by atoms with Crippen LogP contribution in [0.3, 0.4) is 0 Å². The molecule has 0 aliphatic heterocycles. The highest BCUT2D eigenvalue weighted by Gasteiger charge is 2.22. The largest absolute Gasteiger partial charge is 0.457 e. The molecule has 1 heterocycles. The molecule has 0 amide bonds. The minimum Gasteiger partial charge on any atom is -0.457 e. The molecule has 0 unspecified atom stereocenters. The molecule has 156 valence electrons. The van der Waals surface area contributed by atoms with Gasteiger partial charge >= 0.3 is 5.97 Å². The van der Waals surface area contributed by atoms with E-state index < -0.39 is 24.3 Å². The average Bonchev–Trinajstić information content (AvgIpc) is 3.21. The average molecular weight is 433 g/mol. The molecule has 0 aliphatic carbocycles. The molecule has 0 saturated heterocycles. The minimum atomic E-state index is -1.20. The van der Waals surface area contributed by atoms with Crippen molar-refractivity contribution >= 4 is 23.5 Å². The normalized spacial score (nSPS) is 11.3. The van der Waals surface area contributed by atoms with Gasteiger partial charge in [-0.25, -0.2) is 0 Å². The van der Waals surface area contributed by atoms with Gasteiger partial charge in [0.1, 0.15) is 5.92 Å². The van der Waals surface area contributed by atoms with Crippen LogP contribution in [0.4, 0.5) is 0 Å². The number of para-hydroxylation sites is 1. The number of Topliss-reactive ketones (excluding diaryl/α,β-unsaturated/α-hetero) is 1. The number of ether oxygens (including phenoxy) is 1. The Morgan fingerprint density at radius 1 is 1.13 bits per heavy atom. The second-order valence-electron chi connectivity index (χ2n) is 6.40. The number of hydrogen-bond acceptors (Lipinski definition) is 8. The number of nitriles is 1. The highest BCUT2D eigenvalue weighted by atomic mass is 32.2. The van der Waals surface area contributed by atoms with E-state index in [4.69, 9.17) is 15.7 Å². The molecule has 0 radical (unpaired) electrons. The van der Waals surface area contributed by atoms with Gasteiger partial charge in [0.2, 0.25) is 0 Å². The lowest BCUT2D eigenvalue weighted by Gasteiger charge is -2.10. The Hall–Kier alpha value is -3.90. The molecule has 8 nitrogen and oxygen atoms in total. The summed E-state index contributed by atoms with van der Waals surface area (Å²) in [7, 11) is 0. The number of esters is 1. The van der Waals surface area contributed by atoms with Gasteiger partial charge < -0.3 is 10.5 Å². The molecule has 1 atom stereocenters. The van der Waals surface area contributed by atoms with E-state index in [0.29, 0.717) is 11.0 Å². The number of aromatic nitrogens is 3. The summed E-state index contributed by atoms with van der Waals surface area (Å²) in [6, 6.07) is 20.8. The van der Waals surface area contributed by atoms with E-state index in [1.54, 1.807) is 6.07 Å².